The first-order valence-electron chi connectivity index (χ1n) is 5.48. The van der Waals surface area contributed by atoms with Gasteiger partial charge in [-0.2, -0.15) is 0 Å². The molecular formula is C11H19N3. The second-order valence-electron chi connectivity index (χ2n) is 4.33. The van der Waals surface area contributed by atoms with E-state index in [1.54, 1.807) is 0 Å². The molecule has 2 rings (SSSR count). The van der Waals surface area contributed by atoms with Crippen LogP contribution >= 0.6 is 0 Å². The Morgan fingerprint density at radius 2 is 2.21 bits per heavy atom. The van der Waals surface area contributed by atoms with Crippen LogP contribution in [0.2, 0.25) is 0 Å². The molecule has 0 atom stereocenters. The fourth-order valence-electron chi connectivity index (χ4n) is 2.24. The molecule has 3 N–H and O–H groups in total. The first kappa shape index (κ1) is 9.71. The maximum atomic E-state index is 5.64. The third kappa shape index (κ3) is 1.46. The summed E-state index contributed by atoms with van der Waals surface area (Å²) in [4.78, 5) is 8.02. The number of hydrogen-bond donors (Lipinski definition) is 2. The Morgan fingerprint density at radius 3 is 2.64 bits per heavy atom. The number of nitrogens with zero attached hydrogens (tertiary/aromatic N) is 1. The molecule has 0 aromatic carbocycles. The molecule has 14 heavy (non-hydrogen) atoms. The fourth-order valence-corrected chi connectivity index (χ4v) is 2.24. The number of aryl methyl sites for hydroxylation is 2. The second kappa shape index (κ2) is 3.39. The molecule has 1 heterocycles. The van der Waals surface area contributed by atoms with Gasteiger partial charge in [0.2, 0.25) is 0 Å². The van der Waals surface area contributed by atoms with Crippen LogP contribution in [0.3, 0.4) is 0 Å². The zero-order valence-corrected chi connectivity index (χ0v) is 9.06. The van der Waals surface area contributed by atoms with Crippen molar-refractivity contribution in [2.24, 2.45) is 5.73 Å². The molecule has 0 bridgehead atoms. The predicted molar refractivity (Wildman–Crippen MR) is 57.3 cm³/mol. The average molecular weight is 193 g/mol. The minimum Gasteiger partial charge on any atom is -0.346 e. The minimum atomic E-state index is 0.336. The van der Waals surface area contributed by atoms with E-state index < -0.39 is 0 Å². The maximum Gasteiger partial charge on any atom is 0.106 e. The van der Waals surface area contributed by atoms with Crippen LogP contribution in [0.1, 0.15) is 43.4 Å². The lowest BCUT2D eigenvalue weighted by molar-refractivity contribution is 0.608. The number of hydrogen-bond acceptors (Lipinski definition) is 2. The Morgan fingerprint density at radius 1 is 1.50 bits per heavy atom. The largest absolute Gasteiger partial charge is 0.346 e. The van der Waals surface area contributed by atoms with E-state index in [0.717, 1.165) is 25.2 Å². The van der Waals surface area contributed by atoms with Crippen molar-refractivity contribution in [3.63, 3.8) is 0 Å². The summed E-state index contributed by atoms with van der Waals surface area (Å²) in [6.45, 7) is 5.02. The van der Waals surface area contributed by atoms with Gasteiger partial charge in [0.05, 0.1) is 5.69 Å². The second-order valence-corrected chi connectivity index (χ2v) is 4.33. The Kier molecular flexibility index (Phi) is 2.35. The van der Waals surface area contributed by atoms with Gasteiger partial charge in [-0.05, 0) is 32.7 Å². The highest BCUT2D eigenvalue weighted by Gasteiger charge is 2.46. The van der Waals surface area contributed by atoms with E-state index in [4.69, 9.17) is 5.73 Å². The zero-order chi connectivity index (χ0) is 10.2. The number of imidazole rings is 1. The summed E-state index contributed by atoms with van der Waals surface area (Å²) in [5.41, 5.74) is 8.50. The molecule has 0 unspecified atom stereocenters. The van der Waals surface area contributed by atoms with Crippen molar-refractivity contribution in [2.45, 2.75) is 44.9 Å². The topological polar surface area (TPSA) is 54.7 Å². The highest BCUT2D eigenvalue weighted by molar-refractivity contribution is 5.29. The minimum absolute atomic E-state index is 0.336. The molecule has 0 radical (unpaired) electrons. The maximum absolute atomic E-state index is 5.64. The zero-order valence-electron chi connectivity index (χ0n) is 9.06. The van der Waals surface area contributed by atoms with Gasteiger partial charge in [-0.1, -0.05) is 6.92 Å². The summed E-state index contributed by atoms with van der Waals surface area (Å²) in [5, 5.41) is 0. The molecule has 3 heteroatoms. The average Bonchev–Trinajstić information content (AvgIpc) is 2.83. The highest BCUT2D eigenvalue weighted by atomic mass is 15.0. The van der Waals surface area contributed by atoms with E-state index in [9.17, 15) is 0 Å². The molecule has 1 aliphatic carbocycles. The Hall–Kier alpha value is -0.830. The van der Waals surface area contributed by atoms with Crippen molar-refractivity contribution >= 4 is 0 Å². The van der Waals surface area contributed by atoms with Crippen molar-refractivity contribution in [2.75, 3.05) is 6.54 Å². The molecule has 0 aliphatic heterocycles. The lowest BCUT2D eigenvalue weighted by Gasteiger charge is -2.11. The highest BCUT2D eigenvalue weighted by Crippen LogP contribution is 2.50. The van der Waals surface area contributed by atoms with Gasteiger partial charge in [-0.25, -0.2) is 4.98 Å². The Balaban J connectivity index is 2.27. The fraction of sp³-hybridized carbons (Fsp3) is 0.727. The summed E-state index contributed by atoms with van der Waals surface area (Å²) in [6.07, 6.45) is 4.60. The van der Waals surface area contributed by atoms with Crippen LogP contribution in [0.15, 0.2) is 0 Å². The standard InChI is InChI=1S/C11H19N3/c1-3-9-13-8(2)10(14-9)11(4-5-11)6-7-12/h3-7,12H2,1-2H3,(H,13,14). The van der Waals surface area contributed by atoms with Crippen LogP contribution < -0.4 is 5.73 Å². The monoisotopic (exact) mass is 193 g/mol. The van der Waals surface area contributed by atoms with Crippen molar-refractivity contribution < 1.29 is 0 Å². The number of H-pyrrole nitrogens is 1. The molecule has 1 aliphatic rings. The third-order valence-corrected chi connectivity index (χ3v) is 3.25. The summed E-state index contributed by atoms with van der Waals surface area (Å²) in [7, 11) is 0. The molecule has 1 aromatic heterocycles. The lowest BCUT2D eigenvalue weighted by atomic mass is 9.97. The predicted octanol–water partition coefficient (Wildman–Crippen LogP) is 1.66. The number of nitrogens with two attached hydrogens (primary N) is 1. The first-order valence-corrected chi connectivity index (χ1v) is 5.48. The molecule has 0 amide bonds. The van der Waals surface area contributed by atoms with Crippen molar-refractivity contribution in [3.8, 4) is 0 Å². The van der Waals surface area contributed by atoms with E-state index >= 15 is 0 Å². The number of aromatic amines is 1. The number of nitrogens with one attached hydrogen (secondary N) is 1. The van der Waals surface area contributed by atoms with Crippen LogP contribution in [0.5, 0.6) is 0 Å². The van der Waals surface area contributed by atoms with Crippen molar-refractivity contribution in [1.29, 1.82) is 0 Å². The normalized spacial score (nSPS) is 18.5. The van der Waals surface area contributed by atoms with E-state index in [0.29, 0.717) is 5.41 Å². The first-order chi connectivity index (χ1) is 6.72. The summed E-state index contributed by atoms with van der Waals surface area (Å²) in [5.74, 6) is 1.11. The summed E-state index contributed by atoms with van der Waals surface area (Å²) in [6, 6.07) is 0. The molecule has 0 spiro atoms. The van der Waals surface area contributed by atoms with Crippen molar-refractivity contribution in [1.82, 2.24) is 9.97 Å². The summed E-state index contributed by atoms with van der Waals surface area (Å²) >= 11 is 0. The van der Waals surface area contributed by atoms with Gasteiger partial charge >= 0.3 is 0 Å². The molecule has 1 saturated carbocycles. The molecule has 0 saturated heterocycles. The molecule has 1 fully saturated rings. The Labute approximate surface area is 85.1 Å². The van der Waals surface area contributed by atoms with Gasteiger partial charge < -0.3 is 10.7 Å². The van der Waals surface area contributed by atoms with Gasteiger partial charge in [-0.15, -0.1) is 0 Å². The smallest absolute Gasteiger partial charge is 0.106 e. The van der Waals surface area contributed by atoms with Crippen LogP contribution in [-0.4, -0.2) is 16.5 Å². The Bertz CT molecular complexity index is 323. The van der Waals surface area contributed by atoms with Gasteiger partial charge in [0, 0.05) is 17.5 Å². The van der Waals surface area contributed by atoms with Crippen LogP contribution in [0.25, 0.3) is 0 Å². The molecular weight excluding hydrogens is 174 g/mol. The molecule has 3 nitrogen and oxygen atoms in total. The van der Waals surface area contributed by atoms with E-state index in [1.807, 2.05) is 0 Å². The number of rotatable bonds is 4. The van der Waals surface area contributed by atoms with E-state index in [2.05, 4.69) is 23.8 Å². The number of aromatic nitrogens is 2. The van der Waals surface area contributed by atoms with Gasteiger partial charge in [0.1, 0.15) is 5.82 Å². The molecule has 1 aromatic rings. The van der Waals surface area contributed by atoms with Crippen LogP contribution in [-0.2, 0) is 11.8 Å². The quantitative estimate of drug-likeness (QED) is 0.764. The van der Waals surface area contributed by atoms with Crippen LogP contribution in [0.4, 0.5) is 0 Å². The van der Waals surface area contributed by atoms with E-state index in [-0.39, 0.29) is 0 Å². The van der Waals surface area contributed by atoms with Gasteiger partial charge in [0.15, 0.2) is 0 Å². The van der Waals surface area contributed by atoms with Crippen LogP contribution in [0, 0.1) is 6.92 Å². The third-order valence-electron chi connectivity index (χ3n) is 3.25. The molecule has 78 valence electrons. The van der Waals surface area contributed by atoms with Gasteiger partial charge in [-0.3, -0.25) is 0 Å². The van der Waals surface area contributed by atoms with Gasteiger partial charge in [0.25, 0.3) is 0 Å². The van der Waals surface area contributed by atoms with Crippen molar-refractivity contribution in [3.05, 3.63) is 17.2 Å². The lowest BCUT2D eigenvalue weighted by Crippen LogP contribution is -2.15. The van der Waals surface area contributed by atoms with E-state index in [1.165, 1.54) is 24.2 Å². The SMILES string of the molecule is CCc1nc(C2(CCN)CC2)c(C)[nH]1. The summed E-state index contributed by atoms with van der Waals surface area (Å²) < 4.78 is 0.